The highest BCUT2D eigenvalue weighted by molar-refractivity contribution is 5.90. The molecule has 1 aliphatic rings. The Bertz CT molecular complexity index is 525. The van der Waals surface area contributed by atoms with E-state index in [2.05, 4.69) is 10.2 Å². The number of likely N-dealkylation sites (tertiary alicyclic amines) is 1. The zero-order valence-electron chi connectivity index (χ0n) is 13.5. The van der Waals surface area contributed by atoms with Gasteiger partial charge >= 0.3 is 0 Å². The number of hydrogen-bond acceptors (Lipinski definition) is 3. The van der Waals surface area contributed by atoms with E-state index in [-0.39, 0.29) is 18.0 Å². The lowest BCUT2D eigenvalue weighted by Gasteiger charge is -2.35. The number of methoxy groups -OCH3 is 1. The molecular weight excluding hydrogens is 302 g/mol. The predicted octanol–water partition coefficient (Wildman–Crippen LogP) is 3.18. The summed E-state index contributed by atoms with van der Waals surface area (Å²) >= 11 is 0. The van der Waals surface area contributed by atoms with E-state index >= 15 is 0 Å². The van der Waals surface area contributed by atoms with Crippen molar-refractivity contribution < 1.29 is 18.3 Å². The summed E-state index contributed by atoms with van der Waals surface area (Å²) in [5, 5.41) is 2.44. The second-order valence-corrected chi connectivity index (χ2v) is 5.89. The molecule has 1 unspecified atom stereocenters. The molecule has 0 bridgehead atoms. The highest BCUT2D eigenvalue weighted by Crippen LogP contribution is 2.20. The molecule has 1 amide bonds. The van der Waals surface area contributed by atoms with Crippen LogP contribution < -0.4 is 5.32 Å². The quantitative estimate of drug-likeness (QED) is 0.837. The first-order valence-corrected chi connectivity index (χ1v) is 8.08. The molecule has 128 valence electrons. The summed E-state index contributed by atoms with van der Waals surface area (Å²) in [5.41, 5.74) is -0.107. The molecule has 2 rings (SSSR count). The van der Waals surface area contributed by atoms with E-state index in [0.29, 0.717) is 19.2 Å². The maximum atomic E-state index is 13.5. The van der Waals surface area contributed by atoms with Crippen LogP contribution in [0.15, 0.2) is 18.2 Å². The summed E-state index contributed by atoms with van der Waals surface area (Å²) in [6.45, 7) is 2.30. The Morgan fingerprint density at radius 3 is 3.00 bits per heavy atom. The van der Waals surface area contributed by atoms with Gasteiger partial charge in [0.2, 0.25) is 5.91 Å². The van der Waals surface area contributed by atoms with Gasteiger partial charge in [-0.15, -0.1) is 0 Å². The number of carbonyl (C=O) groups excluding carboxylic acids is 1. The number of nitrogens with zero attached hydrogens (tertiary/aromatic N) is 1. The van der Waals surface area contributed by atoms with Crippen LogP contribution in [0.5, 0.6) is 0 Å². The van der Waals surface area contributed by atoms with Crippen LogP contribution in [0, 0.1) is 11.6 Å². The molecular formula is C17H24F2N2O2. The van der Waals surface area contributed by atoms with Gasteiger partial charge in [-0.2, -0.15) is 0 Å². The first-order chi connectivity index (χ1) is 11.1. The van der Waals surface area contributed by atoms with E-state index in [1.165, 1.54) is 6.42 Å². The Hall–Kier alpha value is -1.53. The molecule has 4 nitrogen and oxygen atoms in total. The minimum absolute atomic E-state index is 0.107. The number of amides is 1. The third-order valence-electron chi connectivity index (χ3n) is 4.23. The molecule has 1 aromatic rings. The number of halogens is 2. The van der Waals surface area contributed by atoms with Crippen molar-refractivity contribution in [1.82, 2.24) is 4.90 Å². The fourth-order valence-electron chi connectivity index (χ4n) is 2.99. The molecule has 0 aromatic heterocycles. The van der Waals surface area contributed by atoms with Crippen molar-refractivity contribution in [3.63, 3.8) is 0 Å². The van der Waals surface area contributed by atoms with Crippen molar-refractivity contribution in [2.45, 2.75) is 38.1 Å². The molecule has 1 saturated heterocycles. The molecule has 1 aliphatic heterocycles. The topological polar surface area (TPSA) is 41.6 Å². The van der Waals surface area contributed by atoms with Crippen molar-refractivity contribution in [2.24, 2.45) is 0 Å². The molecule has 1 heterocycles. The van der Waals surface area contributed by atoms with Crippen molar-refractivity contribution in [3.8, 4) is 0 Å². The van der Waals surface area contributed by atoms with Gasteiger partial charge in [0.05, 0.1) is 5.69 Å². The van der Waals surface area contributed by atoms with Crippen LogP contribution in [0.3, 0.4) is 0 Å². The largest absolute Gasteiger partial charge is 0.385 e. The minimum atomic E-state index is -0.629. The highest BCUT2D eigenvalue weighted by atomic mass is 19.1. The van der Waals surface area contributed by atoms with Crippen LogP contribution in [0.25, 0.3) is 0 Å². The van der Waals surface area contributed by atoms with E-state index < -0.39 is 11.6 Å². The van der Waals surface area contributed by atoms with E-state index in [0.717, 1.165) is 44.0 Å². The Labute approximate surface area is 135 Å². The van der Waals surface area contributed by atoms with Crippen LogP contribution in [-0.4, -0.2) is 43.7 Å². The zero-order valence-corrected chi connectivity index (χ0v) is 13.5. The summed E-state index contributed by atoms with van der Waals surface area (Å²) in [6.07, 6.45) is 4.66. The van der Waals surface area contributed by atoms with Gasteiger partial charge in [-0.1, -0.05) is 6.42 Å². The van der Waals surface area contributed by atoms with Gasteiger partial charge in [-0.25, -0.2) is 8.78 Å². The normalized spacial score (nSPS) is 18.8. The number of hydrogen-bond donors (Lipinski definition) is 1. The SMILES string of the molecule is COCCC1CCCCN1CCC(=O)Nc1cc(F)ccc1F. The lowest BCUT2D eigenvalue weighted by molar-refractivity contribution is -0.116. The number of piperidine rings is 1. The van der Waals surface area contributed by atoms with Gasteiger partial charge in [0, 0.05) is 38.8 Å². The van der Waals surface area contributed by atoms with E-state index in [1.807, 2.05) is 0 Å². The summed E-state index contributed by atoms with van der Waals surface area (Å²) in [6, 6.07) is 3.47. The van der Waals surface area contributed by atoms with E-state index in [4.69, 9.17) is 4.74 Å². The molecule has 0 spiro atoms. The number of benzene rings is 1. The molecule has 1 atom stereocenters. The number of carbonyl (C=O) groups is 1. The number of rotatable bonds is 7. The van der Waals surface area contributed by atoms with Crippen LogP contribution in [0.1, 0.15) is 32.1 Å². The fourth-order valence-corrected chi connectivity index (χ4v) is 2.99. The second kappa shape index (κ2) is 8.93. The van der Waals surface area contributed by atoms with Crippen LogP contribution >= 0.6 is 0 Å². The van der Waals surface area contributed by atoms with Gasteiger partial charge in [-0.3, -0.25) is 9.69 Å². The average Bonchev–Trinajstić information content (AvgIpc) is 2.55. The molecule has 1 fully saturated rings. The molecule has 1 aromatic carbocycles. The van der Waals surface area contributed by atoms with Gasteiger partial charge < -0.3 is 10.1 Å². The Kier molecular flexibility index (Phi) is 6.92. The predicted molar refractivity (Wildman–Crippen MR) is 85.3 cm³/mol. The van der Waals surface area contributed by atoms with Crippen LogP contribution in [0.4, 0.5) is 14.5 Å². The van der Waals surface area contributed by atoms with E-state index in [9.17, 15) is 13.6 Å². The Morgan fingerprint density at radius 2 is 2.22 bits per heavy atom. The molecule has 0 aliphatic carbocycles. The van der Waals surface area contributed by atoms with Crippen LogP contribution in [0.2, 0.25) is 0 Å². The zero-order chi connectivity index (χ0) is 16.7. The van der Waals surface area contributed by atoms with Crippen molar-refractivity contribution >= 4 is 11.6 Å². The summed E-state index contributed by atoms with van der Waals surface area (Å²) in [4.78, 5) is 14.3. The monoisotopic (exact) mass is 326 g/mol. The minimum Gasteiger partial charge on any atom is -0.385 e. The number of ether oxygens (including phenoxy) is 1. The third kappa shape index (κ3) is 5.55. The molecule has 0 radical (unpaired) electrons. The summed E-state index contributed by atoms with van der Waals surface area (Å²) in [5.74, 6) is -1.50. The van der Waals surface area contributed by atoms with Gasteiger partial charge in [-0.05, 0) is 37.9 Å². The van der Waals surface area contributed by atoms with Crippen molar-refractivity contribution in [3.05, 3.63) is 29.8 Å². The first-order valence-electron chi connectivity index (χ1n) is 8.08. The Morgan fingerprint density at radius 1 is 1.39 bits per heavy atom. The third-order valence-corrected chi connectivity index (χ3v) is 4.23. The second-order valence-electron chi connectivity index (χ2n) is 5.89. The molecule has 23 heavy (non-hydrogen) atoms. The fraction of sp³-hybridized carbons (Fsp3) is 0.588. The van der Waals surface area contributed by atoms with Gasteiger partial charge in [0.15, 0.2) is 0 Å². The number of anilines is 1. The van der Waals surface area contributed by atoms with Gasteiger partial charge in [0.25, 0.3) is 0 Å². The lowest BCUT2D eigenvalue weighted by Crippen LogP contribution is -2.41. The highest BCUT2D eigenvalue weighted by Gasteiger charge is 2.22. The summed E-state index contributed by atoms with van der Waals surface area (Å²) in [7, 11) is 1.69. The maximum Gasteiger partial charge on any atom is 0.225 e. The first kappa shape index (κ1) is 17.8. The number of nitrogens with one attached hydrogen (secondary N) is 1. The lowest BCUT2D eigenvalue weighted by atomic mass is 9.99. The molecule has 0 saturated carbocycles. The van der Waals surface area contributed by atoms with Gasteiger partial charge in [0.1, 0.15) is 11.6 Å². The Balaban J connectivity index is 1.83. The maximum absolute atomic E-state index is 13.5. The van der Waals surface area contributed by atoms with Crippen LogP contribution in [-0.2, 0) is 9.53 Å². The van der Waals surface area contributed by atoms with E-state index in [1.54, 1.807) is 7.11 Å². The average molecular weight is 326 g/mol. The molecule has 6 heteroatoms. The van der Waals surface area contributed by atoms with Crippen molar-refractivity contribution in [2.75, 3.05) is 32.1 Å². The standard InChI is InChI=1S/C17H24F2N2O2/c1-23-11-8-14-4-2-3-9-21(14)10-7-17(22)20-16-12-13(18)5-6-15(16)19/h5-6,12,14H,2-4,7-11H2,1H3,(H,20,22). The smallest absolute Gasteiger partial charge is 0.225 e. The van der Waals surface area contributed by atoms with Crippen molar-refractivity contribution in [1.29, 1.82) is 0 Å². The molecule has 1 N–H and O–H groups in total. The summed E-state index contributed by atoms with van der Waals surface area (Å²) < 4.78 is 31.8.